The highest BCUT2D eigenvalue weighted by molar-refractivity contribution is 5.85. The molecule has 3 rings (SSSR count). The van der Waals surface area contributed by atoms with Gasteiger partial charge in [0.15, 0.2) is 17.3 Å². The standard InChI is InChI=1S/C17H16N4O4/c1-24-10-12-9-15(21-8-7-14(20-21)17(22)23)19-16(18-12)11-3-5-13(25-2)6-4-11/h3-9H,10H2,1-2H3,(H,22,23). The van der Waals surface area contributed by atoms with Gasteiger partial charge in [-0.3, -0.25) is 0 Å². The SMILES string of the molecule is COCc1cc(-n2ccc(C(=O)O)n2)nc(-c2ccc(OC)cc2)n1. The second-order valence-electron chi connectivity index (χ2n) is 5.15. The second-order valence-corrected chi connectivity index (χ2v) is 5.15. The monoisotopic (exact) mass is 340 g/mol. The molecule has 0 atom stereocenters. The summed E-state index contributed by atoms with van der Waals surface area (Å²) in [5, 5.41) is 13.0. The first-order valence-electron chi connectivity index (χ1n) is 7.41. The predicted molar refractivity (Wildman–Crippen MR) is 88.8 cm³/mol. The first-order valence-corrected chi connectivity index (χ1v) is 7.41. The van der Waals surface area contributed by atoms with Crippen LogP contribution < -0.4 is 4.74 Å². The Morgan fingerprint density at radius 1 is 1.16 bits per heavy atom. The molecule has 0 bridgehead atoms. The Balaban J connectivity index is 2.05. The Bertz CT molecular complexity index is 890. The first-order chi connectivity index (χ1) is 12.1. The van der Waals surface area contributed by atoms with E-state index in [0.717, 1.165) is 11.3 Å². The summed E-state index contributed by atoms with van der Waals surface area (Å²) in [5.41, 5.74) is 1.40. The summed E-state index contributed by atoms with van der Waals surface area (Å²) in [5.74, 6) is 0.579. The lowest BCUT2D eigenvalue weighted by Gasteiger charge is -2.08. The molecule has 0 radical (unpaired) electrons. The maximum atomic E-state index is 11.0. The topological polar surface area (TPSA) is 99.4 Å². The zero-order chi connectivity index (χ0) is 17.8. The molecule has 2 aromatic heterocycles. The van der Waals surface area contributed by atoms with E-state index in [1.165, 1.54) is 10.7 Å². The van der Waals surface area contributed by atoms with Gasteiger partial charge in [0.2, 0.25) is 0 Å². The van der Waals surface area contributed by atoms with Crippen LogP contribution in [0.2, 0.25) is 0 Å². The number of carboxylic acids is 1. The molecular weight excluding hydrogens is 324 g/mol. The van der Waals surface area contributed by atoms with Gasteiger partial charge >= 0.3 is 5.97 Å². The molecule has 0 saturated heterocycles. The molecule has 1 aromatic carbocycles. The van der Waals surface area contributed by atoms with Crippen LogP contribution in [0, 0.1) is 0 Å². The van der Waals surface area contributed by atoms with Crippen molar-refractivity contribution in [1.29, 1.82) is 0 Å². The van der Waals surface area contributed by atoms with Gasteiger partial charge in [-0.05, 0) is 30.3 Å². The molecule has 128 valence electrons. The predicted octanol–water partition coefficient (Wildman–Crippen LogP) is 2.18. The van der Waals surface area contributed by atoms with Crippen molar-refractivity contribution in [2.45, 2.75) is 6.61 Å². The third-order valence-electron chi connectivity index (χ3n) is 3.45. The van der Waals surface area contributed by atoms with E-state index in [1.54, 1.807) is 26.5 Å². The quantitative estimate of drug-likeness (QED) is 0.734. The van der Waals surface area contributed by atoms with Gasteiger partial charge in [0, 0.05) is 24.9 Å². The molecule has 1 N–H and O–H groups in total. The fourth-order valence-electron chi connectivity index (χ4n) is 2.26. The largest absolute Gasteiger partial charge is 0.497 e. The van der Waals surface area contributed by atoms with E-state index < -0.39 is 5.97 Å². The highest BCUT2D eigenvalue weighted by Gasteiger charge is 2.12. The summed E-state index contributed by atoms with van der Waals surface area (Å²) in [6.07, 6.45) is 1.54. The first kappa shape index (κ1) is 16.6. The van der Waals surface area contributed by atoms with E-state index in [1.807, 2.05) is 24.3 Å². The third-order valence-corrected chi connectivity index (χ3v) is 3.45. The normalized spacial score (nSPS) is 10.6. The van der Waals surface area contributed by atoms with Crippen LogP contribution in [0.15, 0.2) is 42.6 Å². The van der Waals surface area contributed by atoms with E-state index >= 15 is 0 Å². The molecule has 0 saturated carbocycles. The number of hydrogen-bond acceptors (Lipinski definition) is 6. The van der Waals surface area contributed by atoms with Gasteiger partial charge < -0.3 is 14.6 Å². The van der Waals surface area contributed by atoms with Crippen LogP contribution in [-0.4, -0.2) is 45.0 Å². The molecule has 8 nitrogen and oxygen atoms in total. The molecular formula is C17H16N4O4. The summed E-state index contributed by atoms with van der Waals surface area (Å²) < 4.78 is 11.7. The molecule has 0 aliphatic rings. The smallest absolute Gasteiger partial charge is 0.356 e. The van der Waals surface area contributed by atoms with Crippen LogP contribution in [0.25, 0.3) is 17.2 Å². The fourth-order valence-corrected chi connectivity index (χ4v) is 2.26. The van der Waals surface area contributed by atoms with E-state index in [-0.39, 0.29) is 5.69 Å². The maximum Gasteiger partial charge on any atom is 0.356 e. The Morgan fingerprint density at radius 3 is 2.52 bits per heavy atom. The highest BCUT2D eigenvalue weighted by atomic mass is 16.5. The molecule has 0 aliphatic carbocycles. The summed E-state index contributed by atoms with van der Waals surface area (Å²) in [7, 11) is 3.17. The molecule has 3 aromatic rings. The molecule has 0 aliphatic heterocycles. The van der Waals surface area contributed by atoms with Crippen molar-refractivity contribution in [2.24, 2.45) is 0 Å². The van der Waals surface area contributed by atoms with Crippen molar-refractivity contribution in [3.8, 4) is 23.0 Å². The number of methoxy groups -OCH3 is 2. The van der Waals surface area contributed by atoms with Crippen molar-refractivity contribution < 1.29 is 19.4 Å². The molecule has 25 heavy (non-hydrogen) atoms. The second kappa shape index (κ2) is 7.10. The third kappa shape index (κ3) is 3.64. The summed E-state index contributed by atoms with van der Waals surface area (Å²) in [6, 6.07) is 10.4. The summed E-state index contributed by atoms with van der Waals surface area (Å²) in [6.45, 7) is 0.297. The van der Waals surface area contributed by atoms with E-state index in [0.29, 0.717) is 23.9 Å². The minimum Gasteiger partial charge on any atom is -0.497 e. The Kier molecular flexibility index (Phi) is 4.71. The van der Waals surface area contributed by atoms with Crippen molar-refractivity contribution in [3.63, 3.8) is 0 Å². The van der Waals surface area contributed by atoms with Gasteiger partial charge in [0.1, 0.15) is 5.75 Å². The number of nitrogens with zero attached hydrogens (tertiary/aromatic N) is 4. The number of aromatic nitrogens is 4. The van der Waals surface area contributed by atoms with Crippen LogP contribution in [-0.2, 0) is 11.3 Å². The van der Waals surface area contributed by atoms with Crippen molar-refractivity contribution in [2.75, 3.05) is 14.2 Å². The number of aromatic carboxylic acids is 1. The number of rotatable bonds is 6. The van der Waals surface area contributed by atoms with Crippen LogP contribution in [0.3, 0.4) is 0 Å². The van der Waals surface area contributed by atoms with Crippen LogP contribution >= 0.6 is 0 Å². The number of carbonyl (C=O) groups is 1. The Labute approximate surface area is 143 Å². The van der Waals surface area contributed by atoms with Crippen molar-refractivity contribution >= 4 is 5.97 Å². The number of ether oxygens (including phenoxy) is 2. The van der Waals surface area contributed by atoms with Gasteiger partial charge in [-0.2, -0.15) is 5.10 Å². The molecule has 2 heterocycles. The van der Waals surface area contributed by atoms with Gasteiger partial charge in [-0.25, -0.2) is 19.4 Å². The average molecular weight is 340 g/mol. The molecule has 0 fully saturated rings. The van der Waals surface area contributed by atoms with Crippen LogP contribution in [0.1, 0.15) is 16.2 Å². The number of benzene rings is 1. The zero-order valence-electron chi connectivity index (χ0n) is 13.7. The average Bonchev–Trinajstić information content (AvgIpc) is 3.12. The highest BCUT2D eigenvalue weighted by Crippen LogP contribution is 2.21. The number of carboxylic acid groups (broad SMARTS) is 1. The van der Waals surface area contributed by atoms with Crippen molar-refractivity contribution in [1.82, 2.24) is 19.7 Å². The minimum absolute atomic E-state index is 0.0575. The van der Waals surface area contributed by atoms with E-state index in [4.69, 9.17) is 14.6 Å². The minimum atomic E-state index is -1.10. The molecule has 0 amide bonds. The molecule has 0 unspecified atom stereocenters. The Morgan fingerprint density at radius 2 is 1.92 bits per heavy atom. The fraction of sp³-hybridized carbons (Fsp3) is 0.176. The zero-order valence-corrected chi connectivity index (χ0v) is 13.7. The van der Waals surface area contributed by atoms with E-state index in [9.17, 15) is 4.79 Å². The number of hydrogen-bond donors (Lipinski definition) is 1. The maximum absolute atomic E-state index is 11.0. The van der Waals surface area contributed by atoms with Crippen LogP contribution in [0.4, 0.5) is 0 Å². The lowest BCUT2D eigenvalue weighted by molar-refractivity contribution is 0.0690. The van der Waals surface area contributed by atoms with Gasteiger partial charge in [0.25, 0.3) is 0 Å². The van der Waals surface area contributed by atoms with Gasteiger partial charge in [-0.15, -0.1) is 0 Å². The van der Waals surface area contributed by atoms with E-state index in [2.05, 4.69) is 15.1 Å². The Hall–Kier alpha value is -3.26. The van der Waals surface area contributed by atoms with Gasteiger partial charge in [-0.1, -0.05) is 0 Å². The van der Waals surface area contributed by atoms with Gasteiger partial charge in [0.05, 0.1) is 19.4 Å². The molecule has 0 spiro atoms. The lowest BCUT2D eigenvalue weighted by Crippen LogP contribution is -2.06. The summed E-state index contributed by atoms with van der Waals surface area (Å²) >= 11 is 0. The molecule has 8 heteroatoms. The lowest BCUT2D eigenvalue weighted by atomic mass is 10.2. The van der Waals surface area contributed by atoms with Crippen molar-refractivity contribution in [3.05, 3.63) is 54.0 Å². The summed E-state index contributed by atoms with van der Waals surface area (Å²) in [4.78, 5) is 20.0. The van der Waals surface area contributed by atoms with Crippen LogP contribution in [0.5, 0.6) is 5.75 Å².